The van der Waals surface area contributed by atoms with Crippen molar-refractivity contribution in [3.05, 3.63) is 218 Å². The Morgan fingerprint density at radius 2 is 0.708 bits per heavy atom. The normalized spacial score (nSPS) is 12.4. The Kier molecular flexibility index (Phi) is 6.89. The fourth-order valence-corrected chi connectivity index (χ4v) is 11.3. The van der Waals surface area contributed by atoms with E-state index >= 15 is 0 Å². The fraction of sp³-hybridized carbons (Fsp3) is 0. The van der Waals surface area contributed by atoms with E-state index in [0.717, 1.165) is 50.8 Å². The van der Waals surface area contributed by atoms with E-state index in [2.05, 4.69) is 231 Å². The van der Waals surface area contributed by atoms with Crippen molar-refractivity contribution in [2.45, 2.75) is 0 Å². The molecule has 14 aromatic rings. The summed E-state index contributed by atoms with van der Waals surface area (Å²) >= 11 is 0. The van der Waals surface area contributed by atoms with Crippen LogP contribution in [0.3, 0.4) is 0 Å². The van der Waals surface area contributed by atoms with Gasteiger partial charge in [-0.1, -0.05) is 121 Å². The molecule has 65 heavy (non-hydrogen) atoms. The van der Waals surface area contributed by atoms with Crippen LogP contribution < -0.4 is 4.74 Å². The summed E-state index contributed by atoms with van der Waals surface area (Å²) in [7, 11) is 0. The van der Waals surface area contributed by atoms with Gasteiger partial charge in [0.2, 0.25) is 0 Å². The molecule has 0 fully saturated rings. The third kappa shape index (κ3) is 4.71. The van der Waals surface area contributed by atoms with Crippen molar-refractivity contribution >= 4 is 87.2 Å². The lowest BCUT2D eigenvalue weighted by atomic mass is 9.99. The molecule has 0 spiro atoms. The number of para-hydroxylation sites is 7. The van der Waals surface area contributed by atoms with Gasteiger partial charge in [-0.15, -0.1) is 0 Å². The Morgan fingerprint density at radius 3 is 1.29 bits per heavy atom. The summed E-state index contributed by atoms with van der Waals surface area (Å²) in [6.07, 6.45) is 0. The number of fused-ring (bicyclic) bond motifs is 14. The van der Waals surface area contributed by atoms with Gasteiger partial charge in [0.1, 0.15) is 0 Å². The van der Waals surface area contributed by atoms with E-state index in [0.29, 0.717) is 0 Å². The Morgan fingerprint density at radius 1 is 0.277 bits per heavy atom. The average Bonchev–Trinajstić information content (AvgIpc) is 4.10. The molecule has 0 saturated heterocycles. The van der Waals surface area contributed by atoms with E-state index in [4.69, 9.17) is 4.74 Å². The van der Waals surface area contributed by atoms with E-state index in [-0.39, 0.29) is 0 Å². The van der Waals surface area contributed by atoms with Crippen molar-refractivity contribution < 1.29 is 4.74 Å². The van der Waals surface area contributed by atoms with Crippen LogP contribution in [0.15, 0.2) is 218 Å². The fourth-order valence-electron chi connectivity index (χ4n) is 11.3. The first-order valence-electron chi connectivity index (χ1n) is 22.3. The molecule has 0 N–H and O–H groups in total. The highest BCUT2D eigenvalue weighted by Gasteiger charge is 2.25. The molecule has 0 bridgehead atoms. The van der Waals surface area contributed by atoms with Crippen LogP contribution in [0.4, 0.5) is 0 Å². The highest BCUT2D eigenvalue weighted by Crippen LogP contribution is 2.48. The molecule has 1 aliphatic heterocycles. The highest BCUT2D eigenvalue weighted by molar-refractivity contribution is 6.18. The standard InChI is InChI=1S/C60H36N4O/c1-5-19-49-42(13-1)43-14-2-6-20-50(43)62(49)39-31-33-53-47(35-39)48-36-40(63-51-21-7-3-15-44(51)45-16-4-8-22-52(45)63)32-34-54(48)61(53)38-29-27-37(28-30-38)41-17-11-24-56-59(41)46-18-12-26-58-60(46)64(56)55-23-9-10-25-57(55)65-58/h1-36H. The van der Waals surface area contributed by atoms with E-state index in [1.807, 2.05) is 6.07 Å². The van der Waals surface area contributed by atoms with Gasteiger partial charge in [0.25, 0.3) is 0 Å². The SMILES string of the molecule is c1ccc2c(c1)Oc1cccc3c4c(-c5ccc(-n6c7ccc(-n8c9ccccc9c9ccccc98)cc7c7cc(-n8c9ccccc9c9ccccc98)ccc76)cc5)cccc4n-2c13. The van der Waals surface area contributed by atoms with Crippen molar-refractivity contribution in [2.24, 2.45) is 0 Å². The molecule has 15 rings (SSSR count). The molecule has 302 valence electrons. The molecule has 5 nitrogen and oxygen atoms in total. The predicted octanol–water partition coefficient (Wildman–Crippen LogP) is 15.8. The second kappa shape index (κ2) is 12.9. The molecule has 5 heteroatoms. The number of benzene rings is 10. The number of nitrogens with zero attached hydrogens (tertiary/aromatic N) is 4. The minimum atomic E-state index is 0.871. The molecule has 1 aliphatic rings. The first-order valence-corrected chi connectivity index (χ1v) is 22.3. The lowest BCUT2D eigenvalue weighted by Gasteiger charge is -2.20. The van der Waals surface area contributed by atoms with Crippen LogP contribution >= 0.6 is 0 Å². The maximum Gasteiger partial charge on any atom is 0.152 e. The number of hydrogen-bond acceptors (Lipinski definition) is 1. The number of ether oxygens (including phenoxy) is 1. The average molecular weight is 829 g/mol. The van der Waals surface area contributed by atoms with Gasteiger partial charge in [0, 0.05) is 60.2 Å². The zero-order valence-electron chi connectivity index (χ0n) is 35.0. The molecule has 0 unspecified atom stereocenters. The van der Waals surface area contributed by atoms with Crippen molar-refractivity contribution in [2.75, 3.05) is 0 Å². The van der Waals surface area contributed by atoms with Crippen LogP contribution in [0.1, 0.15) is 0 Å². The van der Waals surface area contributed by atoms with Crippen molar-refractivity contribution in [3.8, 4) is 45.4 Å². The van der Waals surface area contributed by atoms with E-state index in [9.17, 15) is 0 Å². The van der Waals surface area contributed by atoms with Crippen LogP contribution in [-0.2, 0) is 0 Å². The Bertz CT molecular complexity index is 4050. The number of hydrogen-bond donors (Lipinski definition) is 0. The second-order valence-corrected chi connectivity index (χ2v) is 17.3. The van der Waals surface area contributed by atoms with E-state index in [1.165, 1.54) is 81.8 Å². The van der Waals surface area contributed by atoms with Crippen LogP contribution in [0.25, 0.3) is 121 Å². The molecule has 0 saturated carbocycles. The lowest BCUT2D eigenvalue weighted by molar-refractivity contribution is 0.476. The molecule has 5 heterocycles. The van der Waals surface area contributed by atoms with Crippen molar-refractivity contribution in [3.63, 3.8) is 0 Å². The third-order valence-electron chi connectivity index (χ3n) is 13.9. The van der Waals surface area contributed by atoms with Crippen LogP contribution in [0, 0.1) is 0 Å². The highest BCUT2D eigenvalue weighted by atomic mass is 16.5. The van der Waals surface area contributed by atoms with Crippen LogP contribution in [0.2, 0.25) is 0 Å². The number of aromatic nitrogens is 4. The quantitative estimate of drug-likeness (QED) is 0.174. The molecule has 0 amide bonds. The lowest BCUT2D eigenvalue weighted by Crippen LogP contribution is -2.03. The molecular weight excluding hydrogens is 793 g/mol. The zero-order valence-corrected chi connectivity index (χ0v) is 35.0. The third-order valence-corrected chi connectivity index (χ3v) is 13.9. The van der Waals surface area contributed by atoms with Crippen LogP contribution in [0.5, 0.6) is 11.5 Å². The van der Waals surface area contributed by atoms with Gasteiger partial charge in [-0.3, -0.25) is 0 Å². The molecule has 4 aromatic heterocycles. The first kappa shape index (κ1) is 34.7. The van der Waals surface area contributed by atoms with Crippen LogP contribution in [-0.4, -0.2) is 18.3 Å². The van der Waals surface area contributed by atoms with Gasteiger partial charge in [-0.25, -0.2) is 0 Å². The van der Waals surface area contributed by atoms with E-state index < -0.39 is 0 Å². The summed E-state index contributed by atoms with van der Waals surface area (Å²) in [5, 5.41) is 9.84. The molecule has 0 radical (unpaired) electrons. The van der Waals surface area contributed by atoms with Gasteiger partial charge >= 0.3 is 0 Å². The number of rotatable bonds is 4. The summed E-state index contributed by atoms with van der Waals surface area (Å²) in [6.45, 7) is 0. The Labute approximate surface area is 372 Å². The van der Waals surface area contributed by atoms with Gasteiger partial charge in [-0.2, -0.15) is 0 Å². The summed E-state index contributed by atoms with van der Waals surface area (Å²) in [5.41, 5.74) is 16.2. The maximum absolute atomic E-state index is 6.46. The molecule has 0 aliphatic carbocycles. The minimum Gasteiger partial charge on any atom is -0.453 e. The summed E-state index contributed by atoms with van der Waals surface area (Å²) in [6, 6.07) is 79.6. The predicted molar refractivity (Wildman–Crippen MR) is 269 cm³/mol. The maximum atomic E-state index is 6.46. The first-order chi connectivity index (χ1) is 32.3. The largest absolute Gasteiger partial charge is 0.453 e. The summed E-state index contributed by atoms with van der Waals surface area (Å²) < 4.78 is 16.1. The summed E-state index contributed by atoms with van der Waals surface area (Å²) in [5.74, 6) is 1.75. The molecule has 10 aromatic carbocycles. The van der Waals surface area contributed by atoms with Crippen molar-refractivity contribution in [1.82, 2.24) is 18.3 Å². The second-order valence-electron chi connectivity index (χ2n) is 17.3. The summed E-state index contributed by atoms with van der Waals surface area (Å²) in [4.78, 5) is 0. The monoisotopic (exact) mass is 828 g/mol. The zero-order chi connectivity index (χ0) is 42.3. The minimum absolute atomic E-state index is 0.871. The van der Waals surface area contributed by atoms with Gasteiger partial charge in [0.15, 0.2) is 11.5 Å². The molecular formula is C60H36N4O. The van der Waals surface area contributed by atoms with Gasteiger partial charge in [0.05, 0.1) is 49.8 Å². The topological polar surface area (TPSA) is 28.9 Å². The smallest absolute Gasteiger partial charge is 0.152 e. The van der Waals surface area contributed by atoms with Crippen molar-refractivity contribution in [1.29, 1.82) is 0 Å². The van der Waals surface area contributed by atoms with Gasteiger partial charge in [-0.05, 0) is 108 Å². The van der Waals surface area contributed by atoms with Gasteiger partial charge < -0.3 is 23.0 Å². The molecule has 0 atom stereocenters. The Hall–Kier alpha value is -8.80. The van der Waals surface area contributed by atoms with E-state index in [1.54, 1.807) is 0 Å². The Balaban J connectivity index is 0.952.